The lowest BCUT2D eigenvalue weighted by atomic mass is 10.5. The van der Waals surface area contributed by atoms with Crippen LogP contribution in [0.4, 0.5) is 13.6 Å². The van der Waals surface area contributed by atoms with Gasteiger partial charge in [0, 0.05) is 13.6 Å². The summed E-state index contributed by atoms with van der Waals surface area (Å²) in [4.78, 5) is 11.1. The normalized spacial score (nSPS) is 16.9. The van der Waals surface area contributed by atoms with Gasteiger partial charge in [0.05, 0.1) is 6.10 Å². The second kappa shape index (κ2) is 5.11. The molecule has 0 aromatic heterocycles. The Hall–Kier alpha value is -1.37. The fraction of sp³-hybridized carbons (Fsp3) is 0.667. The van der Waals surface area contributed by atoms with Crippen molar-refractivity contribution in [2.24, 2.45) is 0 Å². The highest BCUT2D eigenvalue weighted by molar-refractivity contribution is 5.61. The van der Waals surface area contributed by atoms with Crippen molar-refractivity contribution in [3.05, 3.63) is 12.0 Å². The summed E-state index contributed by atoms with van der Waals surface area (Å²) in [5.41, 5.74) is 0. The standard InChI is InChI=1S/C9H14F2N2O3/c1-6(2)15-9(14)16-7-4-5-12(3)13(7)8(10)11/h4,6,8H,5H2,1-3H3. The molecule has 0 unspecified atom stereocenters. The molecule has 0 spiro atoms. The number of hydrogen-bond donors (Lipinski definition) is 0. The average Bonchev–Trinajstić information content (AvgIpc) is 2.45. The third kappa shape index (κ3) is 3.06. The zero-order valence-electron chi connectivity index (χ0n) is 9.31. The van der Waals surface area contributed by atoms with Crippen molar-refractivity contribution in [2.45, 2.75) is 26.5 Å². The summed E-state index contributed by atoms with van der Waals surface area (Å²) < 4.78 is 34.5. The van der Waals surface area contributed by atoms with Crippen LogP contribution in [-0.2, 0) is 9.47 Å². The number of ether oxygens (including phenoxy) is 2. The second-order valence-electron chi connectivity index (χ2n) is 3.52. The zero-order chi connectivity index (χ0) is 12.3. The molecule has 0 saturated heterocycles. The Bertz CT molecular complexity index is 294. The van der Waals surface area contributed by atoms with Crippen LogP contribution >= 0.6 is 0 Å². The molecular formula is C9H14F2N2O3. The Morgan fingerprint density at radius 1 is 1.50 bits per heavy atom. The molecule has 0 aliphatic carbocycles. The number of nitrogens with zero attached hydrogens (tertiary/aromatic N) is 2. The monoisotopic (exact) mass is 236 g/mol. The highest BCUT2D eigenvalue weighted by Crippen LogP contribution is 2.21. The molecule has 16 heavy (non-hydrogen) atoms. The van der Waals surface area contributed by atoms with Crippen molar-refractivity contribution in [1.82, 2.24) is 10.0 Å². The van der Waals surface area contributed by atoms with E-state index in [1.807, 2.05) is 0 Å². The van der Waals surface area contributed by atoms with Crippen LogP contribution < -0.4 is 0 Å². The van der Waals surface area contributed by atoms with E-state index >= 15 is 0 Å². The van der Waals surface area contributed by atoms with Gasteiger partial charge in [0.2, 0.25) is 5.88 Å². The molecule has 7 heteroatoms. The minimum atomic E-state index is -2.76. The summed E-state index contributed by atoms with van der Waals surface area (Å²) in [5, 5.41) is 1.82. The van der Waals surface area contributed by atoms with E-state index in [0.29, 0.717) is 5.01 Å². The van der Waals surface area contributed by atoms with Gasteiger partial charge in [0.25, 0.3) is 0 Å². The molecule has 0 N–H and O–H groups in total. The molecule has 0 saturated carbocycles. The minimum absolute atomic E-state index is 0.205. The number of rotatable bonds is 3. The second-order valence-corrected chi connectivity index (χ2v) is 3.52. The molecule has 1 heterocycles. The molecule has 92 valence electrons. The summed E-state index contributed by atoms with van der Waals surface area (Å²) in [7, 11) is 1.47. The topological polar surface area (TPSA) is 42.0 Å². The summed E-state index contributed by atoms with van der Waals surface area (Å²) in [5.74, 6) is -0.205. The van der Waals surface area contributed by atoms with Crippen LogP contribution in [0, 0.1) is 0 Å². The number of likely N-dealkylation sites (N-methyl/N-ethyl adjacent to an activating group) is 1. The molecular weight excluding hydrogens is 222 g/mol. The molecule has 0 amide bonds. The first-order valence-corrected chi connectivity index (χ1v) is 4.79. The SMILES string of the molecule is CC(C)OC(=O)OC1=CCN(C)N1C(F)F. The van der Waals surface area contributed by atoms with Crippen molar-refractivity contribution < 1.29 is 23.0 Å². The Labute approximate surface area is 92.2 Å². The van der Waals surface area contributed by atoms with Gasteiger partial charge in [-0.15, -0.1) is 0 Å². The molecule has 0 radical (unpaired) electrons. The Morgan fingerprint density at radius 2 is 2.12 bits per heavy atom. The first-order chi connectivity index (χ1) is 7.41. The van der Waals surface area contributed by atoms with Crippen molar-refractivity contribution >= 4 is 6.16 Å². The summed E-state index contributed by atoms with van der Waals surface area (Å²) >= 11 is 0. The van der Waals surface area contributed by atoms with Gasteiger partial charge >= 0.3 is 12.7 Å². The van der Waals surface area contributed by atoms with Crippen molar-refractivity contribution in [2.75, 3.05) is 13.6 Å². The van der Waals surface area contributed by atoms with Crippen LogP contribution in [0.15, 0.2) is 12.0 Å². The number of hydrogen-bond acceptors (Lipinski definition) is 5. The molecule has 0 bridgehead atoms. The summed E-state index contributed by atoms with van der Waals surface area (Å²) in [6.07, 6.45) is 0.0442. The Morgan fingerprint density at radius 3 is 2.62 bits per heavy atom. The fourth-order valence-corrected chi connectivity index (χ4v) is 1.20. The van der Waals surface area contributed by atoms with E-state index in [9.17, 15) is 13.6 Å². The molecule has 5 nitrogen and oxygen atoms in total. The first kappa shape index (κ1) is 12.7. The van der Waals surface area contributed by atoms with Gasteiger partial charge in [-0.2, -0.15) is 8.78 Å². The average molecular weight is 236 g/mol. The van der Waals surface area contributed by atoms with Gasteiger partial charge in [-0.05, 0) is 19.9 Å². The van der Waals surface area contributed by atoms with Crippen molar-refractivity contribution in [3.63, 3.8) is 0 Å². The van der Waals surface area contributed by atoms with Crippen LogP contribution in [0.2, 0.25) is 0 Å². The number of hydrazine groups is 1. The molecule has 1 aliphatic rings. The van der Waals surface area contributed by atoms with Crippen LogP contribution in [0.25, 0.3) is 0 Å². The fourth-order valence-electron chi connectivity index (χ4n) is 1.20. The predicted molar refractivity (Wildman–Crippen MR) is 51.3 cm³/mol. The number of halogens is 2. The maximum absolute atomic E-state index is 12.6. The maximum atomic E-state index is 12.6. The quantitative estimate of drug-likeness (QED) is 0.552. The molecule has 1 rings (SSSR count). The lowest BCUT2D eigenvalue weighted by Gasteiger charge is -2.26. The Balaban J connectivity index is 2.57. The lowest BCUT2D eigenvalue weighted by molar-refractivity contribution is -0.134. The van der Waals surface area contributed by atoms with E-state index in [2.05, 4.69) is 9.47 Å². The van der Waals surface area contributed by atoms with Gasteiger partial charge in [-0.1, -0.05) is 0 Å². The van der Waals surface area contributed by atoms with Crippen LogP contribution in [0.1, 0.15) is 13.8 Å². The number of carbonyl (C=O) groups excluding carboxylic acids is 1. The summed E-state index contributed by atoms with van der Waals surface area (Å²) in [6, 6.07) is 0. The highest BCUT2D eigenvalue weighted by Gasteiger charge is 2.31. The number of alkyl halides is 2. The number of carbonyl (C=O) groups is 1. The largest absolute Gasteiger partial charge is 0.515 e. The van der Waals surface area contributed by atoms with E-state index in [1.165, 1.54) is 18.1 Å². The maximum Gasteiger partial charge on any atom is 0.515 e. The molecule has 1 aliphatic heterocycles. The molecule has 0 atom stereocenters. The van der Waals surface area contributed by atoms with Crippen LogP contribution in [0.5, 0.6) is 0 Å². The van der Waals surface area contributed by atoms with Crippen LogP contribution in [0.3, 0.4) is 0 Å². The molecule has 0 aromatic carbocycles. The zero-order valence-corrected chi connectivity index (χ0v) is 9.31. The van der Waals surface area contributed by atoms with E-state index < -0.39 is 12.7 Å². The predicted octanol–water partition coefficient (Wildman–Crippen LogP) is 1.77. The lowest BCUT2D eigenvalue weighted by Crippen LogP contribution is -2.39. The van der Waals surface area contributed by atoms with E-state index in [4.69, 9.17) is 0 Å². The molecule has 0 fully saturated rings. The van der Waals surface area contributed by atoms with E-state index in [0.717, 1.165) is 0 Å². The third-order valence-corrected chi connectivity index (χ3v) is 1.83. The first-order valence-electron chi connectivity index (χ1n) is 4.79. The minimum Gasteiger partial charge on any atom is -0.431 e. The smallest absolute Gasteiger partial charge is 0.431 e. The van der Waals surface area contributed by atoms with Gasteiger partial charge < -0.3 is 9.47 Å². The van der Waals surface area contributed by atoms with E-state index in [-0.39, 0.29) is 18.5 Å². The van der Waals surface area contributed by atoms with Gasteiger partial charge in [-0.25, -0.2) is 14.8 Å². The molecule has 0 aromatic rings. The van der Waals surface area contributed by atoms with Crippen LogP contribution in [-0.4, -0.2) is 42.4 Å². The van der Waals surface area contributed by atoms with E-state index in [1.54, 1.807) is 13.8 Å². The highest BCUT2D eigenvalue weighted by atomic mass is 19.3. The summed E-state index contributed by atoms with van der Waals surface area (Å²) in [6.45, 7) is 0.780. The Kier molecular flexibility index (Phi) is 4.05. The van der Waals surface area contributed by atoms with Crippen molar-refractivity contribution in [3.8, 4) is 0 Å². The van der Waals surface area contributed by atoms with Gasteiger partial charge in [0.1, 0.15) is 0 Å². The van der Waals surface area contributed by atoms with Gasteiger partial charge in [-0.3, -0.25) is 0 Å². The van der Waals surface area contributed by atoms with Gasteiger partial charge in [0.15, 0.2) is 0 Å². The van der Waals surface area contributed by atoms with Crippen molar-refractivity contribution in [1.29, 1.82) is 0 Å². The third-order valence-electron chi connectivity index (χ3n) is 1.83.